The Hall–Kier alpha value is -1.32. The Balaban J connectivity index is 1.89. The highest BCUT2D eigenvalue weighted by Gasteiger charge is 2.20. The summed E-state index contributed by atoms with van der Waals surface area (Å²) in [4.78, 5) is 11.0. The quantitative estimate of drug-likeness (QED) is 0.820. The Bertz CT molecular complexity index is 388. The van der Waals surface area contributed by atoms with Gasteiger partial charge in [0.1, 0.15) is 0 Å². The molecular formula is C12H19N3O. The van der Waals surface area contributed by atoms with Crippen LogP contribution in [0.2, 0.25) is 0 Å². The second-order valence-electron chi connectivity index (χ2n) is 4.74. The molecule has 2 rings (SSSR count). The summed E-state index contributed by atoms with van der Waals surface area (Å²) in [6, 6.07) is 1.56. The van der Waals surface area contributed by atoms with Crippen LogP contribution >= 0.6 is 0 Å². The van der Waals surface area contributed by atoms with Gasteiger partial charge in [-0.25, -0.2) is 5.10 Å². The molecule has 0 saturated heterocycles. The van der Waals surface area contributed by atoms with Crippen molar-refractivity contribution in [2.75, 3.05) is 11.9 Å². The fraction of sp³-hybridized carbons (Fsp3) is 0.667. The van der Waals surface area contributed by atoms with E-state index in [0.717, 1.165) is 24.1 Å². The highest BCUT2D eigenvalue weighted by Crippen LogP contribution is 2.29. The van der Waals surface area contributed by atoms with E-state index in [9.17, 15) is 4.79 Å². The van der Waals surface area contributed by atoms with Crippen LogP contribution in [0.25, 0.3) is 0 Å². The molecule has 1 fully saturated rings. The van der Waals surface area contributed by atoms with Crippen LogP contribution in [0.4, 0.5) is 5.69 Å². The van der Waals surface area contributed by atoms with Gasteiger partial charge >= 0.3 is 0 Å². The zero-order valence-electron chi connectivity index (χ0n) is 9.70. The fourth-order valence-corrected chi connectivity index (χ4v) is 2.42. The average molecular weight is 221 g/mol. The van der Waals surface area contributed by atoms with E-state index in [-0.39, 0.29) is 5.56 Å². The van der Waals surface area contributed by atoms with Crippen molar-refractivity contribution in [1.29, 1.82) is 0 Å². The Morgan fingerprint density at radius 2 is 2.31 bits per heavy atom. The molecule has 88 valence electrons. The van der Waals surface area contributed by atoms with Gasteiger partial charge in [0.15, 0.2) is 0 Å². The van der Waals surface area contributed by atoms with Gasteiger partial charge < -0.3 is 5.32 Å². The van der Waals surface area contributed by atoms with Crippen molar-refractivity contribution in [3.8, 4) is 0 Å². The Kier molecular flexibility index (Phi) is 3.59. The summed E-state index contributed by atoms with van der Waals surface area (Å²) in [5.74, 6) is 1.52. The molecule has 1 aliphatic rings. The maximum atomic E-state index is 11.0. The normalized spacial score (nSPS) is 25.3. The second-order valence-corrected chi connectivity index (χ2v) is 4.74. The van der Waals surface area contributed by atoms with Crippen molar-refractivity contribution < 1.29 is 0 Å². The summed E-state index contributed by atoms with van der Waals surface area (Å²) in [5.41, 5.74) is 0.670. The molecule has 1 aromatic rings. The van der Waals surface area contributed by atoms with Crippen molar-refractivity contribution in [1.82, 2.24) is 10.2 Å². The smallest absolute Gasteiger partial charge is 0.266 e. The molecule has 1 aromatic heterocycles. The third-order valence-electron chi connectivity index (χ3n) is 3.52. The van der Waals surface area contributed by atoms with Crippen molar-refractivity contribution in [3.63, 3.8) is 0 Å². The van der Waals surface area contributed by atoms with E-state index in [0.29, 0.717) is 0 Å². The first-order valence-corrected chi connectivity index (χ1v) is 6.04. The molecule has 2 unspecified atom stereocenters. The standard InChI is InChI=1S/C12H19N3O/c1-9-4-2-3-5-10(9)7-13-11-6-12(16)15-14-8-11/h6,8-10H,2-5,7H2,1H3,(H2,13,15,16). The minimum atomic E-state index is -0.151. The van der Waals surface area contributed by atoms with Crippen LogP contribution in [0.5, 0.6) is 0 Å². The maximum Gasteiger partial charge on any atom is 0.266 e. The van der Waals surface area contributed by atoms with Crippen molar-refractivity contribution >= 4 is 5.69 Å². The van der Waals surface area contributed by atoms with Gasteiger partial charge in [0.05, 0.1) is 11.9 Å². The first-order chi connectivity index (χ1) is 7.75. The van der Waals surface area contributed by atoms with Crippen molar-refractivity contribution in [2.45, 2.75) is 32.6 Å². The van der Waals surface area contributed by atoms with Crippen LogP contribution in [-0.2, 0) is 0 Å². The lowest BCUT2D eigenvalue weighted by Crippen LogP contribution is -2.24. The van der Waals surface area contributed by atoms with Crippen LogP contribution in [-0.4, -0.2) is 16.7 Å². The maximum absolute atomic E-state index is 11.0. The predicted molar refractivity (Wildman–Crippen MR) is 64.5 cm³/mol. The predicted octanol–water partition coefficient (Wildman–Crippen LogP) is 2.01. The van der Waals surface area contributed by atoms with E-state index < -0.39 is 0 Å². The molecule has 4 nitrogen and oxygen atoms in total. The van der Waals surface area contributed by atoms with Gasteiger partial charge in [-0.1, -0.05) is 26.2 Å². The van der Waals surface area contributed by atoms with E-state index >= 15 is 0 Å². The molecule has 1 heterocycles. The lowest BCUT2D eigenvalue weighted by Gasteiger charge is -2.29. The molecule has 0 radical (unpaired) electrons. The summed E-state index contributed by atoms with van der Waals surface area (Å²) < 4.78 is 0. The van der Waals surface area contributed by atoms with Gasteiger partial charge in [0.25, 0.3) is 5.56 Å². The van der Waals surface area contributed by atoms with Crippen LogP contribution < -0.4 is 10.9 Å². The number of rotatable bonds is 3. The number of H-pyrrole nitrogens is 1. The van der Waals surface area contributed by atoms with E-state index in [1.807, 2.05) is 0 Å². The van der Waals surface area contributed by atoms with E-state index in [4.69, 9.17) is 0 Å². The van der Waals surface area contributed by atoms with Gasteiger partial charge in [0.2, 0.25) is 0 Å². The lowest BCUT2D eigenvalue weighted by molar-refractivity contribution is 0.268. The lowest BCUT2D eigenvalue weighted by atomic mass is 9.80. The first kappa shape index (κ1) is 11.2. The van der Waals surface area contributed by atoms with Crippen LogP contribution in [0, 0.1) is 11.8 Å². The van der Waals surface area contributed by atoms with Gasteiger partial charge in [-0.3, -0.25) is 4.79 Å². The minimum absolute atomic E-state index is 0.151. The molecule has 16 heavy (non-hydrogen) atoms. The Morgan fingerprint density at radius 1 is 1.50 bits per heavy atom. The van der Waals surface area contributed by atoms with Crippen LogP contribution in [0.3, 0.4) is 0 Å². The molecule has 4 heteroatoms. The summed E-state index contributed by atoms with van der Waals surface area (Å²) in [6.07, 6.45) is 6.99. The number of hydrogen-bond acceptors (Lipinski definition) is 3. The highest BCUT2D eigenvalue weighted by molar-refractivity contribution is 5.38. The van der Waals surface area contributed by atoms with Crippen LogP contribution in [0.15, 0.2) is 17.1 Å². The number of nitrogens with zero attached hydrogens (tertiary/aromatic N) is 1. The molecular weight excluding hydrogens is 202 g/mol. The van der Waals surface area contributed by atoms with E-state index in [2.05, 4.69) is 22.4 Å². The van der Waals surface area contributed by atoms with Gasteiger partial charge in [0, 0.05) is 12.6 Å². The average Bonchev–Trinajstić information content (AvgIpc) is 2.28. The molecule has 0 spiro atoms. The molecule has 2 atom stereocenters. The van der Waals surface area contributed by atoms with Gasteiger partial charge in [-0.05, 0) is 18.3 Å². The minimum Gasteiger partial charge on any atom is -0.383 e. The SMILES string of the molecule is CC1CCCCC1CNc1cn[nH]c(=O)c1. The highest BCUT2D eigenvalue weighted by atomic mass is 16.1. The molecule has 0 aromatic carbocycles. The number of aromatic amines is 1. The molecule has 0 bridgehead atoms. The van der Waals surface area contributed by atoms with Crippen LogP contribution in [0.1, 0.15) is 32.6 Å². The third kappa shape index (κ3) is 2.84. The molecule has 0 amide bonds. The second kappa shape index (κ2) is 5.14. The summed E-state index contributed by atoms with van der Waals surface area (Å²) >= 11 is 0. The first-order valence-electron chi connectivity index (χ1n) is 6.04. The molecule has 0 aliphatic heterocycles. The fourth-order valence-electron chi connectivity index (χ4n) is 2.42. The summed E-state index contributed by atoms with van der Waals surface area (Å²) in [7, 11) is 0. The Labute approximate surface area is 95.5 Å². The number of aromatic nitrogens is 2. The summed E-state index contributed by atoms with van der Waals surface area (Å²) in [6.45, 7) is 3.27. The number of hydrogen-bond donors (Lipinski definition) is 2. The van der Waals surface area contributed by atoms with E-state index in [1.165, 1.54) is 25.7 Å². The third-order valence-corrected chi connectivity index (χ3v) is 3.52. The van der Waals surface area contributed by atoms with E-state index in [1.54, 1.807) is 12.3 Å². The molecule has 2 N–H and O–H groups in total. The molecule has 1 saturated carbocycles. The number of nitrogens with one attached hydrogen (secondary N) is 2. The summed E-state index contributed by atoms with van der Waals surface area (Å²) in [5, 5.41) is 9.44. The Morgan fingerprint density at radius 3 is 3.06 bits per heavy atom. The largest absolute Gasteiger partial charge is 0.383 e. The molecule has 1 aliphatic carbocycles. The monoisotopic (exact) mass is 221 g/mol. The van der Waals surface area contributed by atoms with Crippen molar-refractivity contribution in [3.05, 3.63) is 22.6 Å². The zero-order valence-corrected chi connectivity index (χ0v) is 9.70. The number of anilines is 1. The zero-order chi connectivity index (χ0) is 11.4. The van der Waals surface area contributed by atoms with Gasteiger partial charge in [-0.2, -0.15) is 5.10 Å². The van der Waals surface area contributed by atoms with Gasteiger partial charge in [-0.15, -0.1) is 0 Å². The van der Waals surface area contributed by atoms with Crippen molar-refractivity contribution in [2.24, 2.45) is 11.8 Å². The topological polar surface area (TPSA) is 57.8 Å².